The van der Waals surface area contributed by atoms with Crippen molar-refractivity contribution in [1.29, 1.82) is 0 Å². The molecule has 5 nitrogen and oxygen atoms in total. The number of nitrogens with zero attached hydrogens (tertiary/aromatic N) is 3. The second-order valence-electron chi connectivity index (χ2n) is 4.35. The lowest BCUT2D eigenvalue weighted by atomic mass is 10.3. The summed E-state index contributed by atoms with van der Waals surface area (Å²) in [5, 5.41) is 3.10. The van der Waals surface area contributed by atoms with Crippen molar-refractivity contribution in [1.82, 2.24) is 19.8 Å². The first-order chi connectivity index (χ1) is 8.13. The quantitative estimate of drug-likeness (QED) is 0.753. The zero-order chi connectivity index (χ0) is 12.7. The van der Waals surface area contributed by atoms with Crippen molar-refractivity contribution in [3.05, 3.63) is 18.2 Å². The van der Waals surface area contributed by atoms with Crippen LogP contribution >= 0.6 is 0 Å². The first kappa shape index (κ1) is 13.7. The Kier molecular flexibility index (Phi) is 5.69. The maximum atomic E-state index is 11.4. The van der Waals surface area contributed by atoms with E-state index < -0.39 is 0 Å². The zero-order valence-electron chi connectivity index (χ0n) is 10.9. The van der Waals surface area contributed by atoms with E-state index in [-0.39, 0.29) is 5.91 Å². The van der Waals surface area contributed by atoms with Crippen LogP contribution in [0.4, 0.5) is 0 Å². The number of amides is 1. The highest BCUT2D eigenvalue weighted by atomic mass is 16.2. The average molecular weight is 238 g/mol. The molecule has 1 rings (SSSR count). The highest BCUT2D eigenvalue weighted by Crippen LogP contribution is 2.01. The molecule has 0 aromatic carbocycles. The minimum absolute atomic E-state index is 0.181. The van der Waals surface area contributed by atoms with E-state index >= 15 is 0 Å². The summed E-state index contributed by atoms with van der Waals surface area (Å²) < 4.78 is 2.05. The maximum absolute atomic E-state index is 11.4. The van der Waals surface area contributed by atoms with Crippen molar-refractivity contribution in [2.75, 3.05) is 27.7 Å². The molecule has 1 N–H and O–H groups in total. The fourth-order valence-corrected chi connectivity index (χ4v) is 1.55. The monoisotopic (exact) mass is 238 g/mol. The van der Waals surface area contributed by atoms with Crippen LogP contribution in [0.1, 0.15) is 18.5 Å². The molecule has 0 saturated carbocycles. The number of aromatic nitrogens is 2. The van der Waals surface area contributed by atoms with E-state index in [0.717, 1.165) is 31.6 Å². The van der Waals surface area contributed by atoms with E-state index in [1.54, 1.807) is 19.0 Å². The molecule has 1 amide bonds. The molecular formula is C12H22N4O. The number of rotatable bonds is 7. The minimum atomic E-state index is 0.181. The van der Waals surface area contributed by atoms with Crippen LogP contribution < -0.4 is 5.32 Å². The van der Waals surface area contributed by atoms with Crippen molar-refractivity contribution >= 4 is 5.91 Å². The Morgan fingerprint density at radius 1 is 1.53 bits per heavy atom. The number of hydrogen-bond donors (Lipinski definition) is 1. The van der Waals surface area contributed by atoms with Crippen LogP contribution in [0.25, 0.3) is 0 Å². The highest BCUT2D eigenvalue weighted by molar-refractivity contribution is 5.75. The summed E-state index contributed by atoms with van der Waals surface area (Å²) in [6.45, 7) is 1.79. The molecule has 0 radical (unpaired) electrons. The molecule has 0 fully saturated rings. The molecular weight excluding hydrogens is 216 g/mol. The summed E-state index contributed by atoms with van der Waals surface area (Å²) in [7, 11) is 5.51. The second kappa shape index (κ2) is 7.06. The molecule has 5 heteroatoms. The molecule has 1 aromatic heterocycles. The van der Waals surface area contributed by atoms with E-state index in [1.165, 1.54) is 0 Å². The van der Waals surface area contributed by atoms with E-state index in [4.69, 9.17) is 0 Å². The van der Waals surface area contributed by atoms with Gasteiger partial charge in [-0.1, -0.05) is 0 Å². The summed E-state index contributed by atoms with van der Waals surface area (Å²) >= 11 is 0. The molecule has 0 aliphatic carbocycles. The first-order valence-electron chi connectivity index (χ1n) is 5.99. The normalized spacial score (nSPS) is 10.5. The van der Waals surface area contributed by atoms with Crippen LogP contribution in [0.15, 0.2) is 12.5 Å². The Labute approximate surface area is 103 Å². The van der Waals surface area contributed by atoms with Gasteiger partial charge in [-0.2, -0.15) is 0 Å². The van der Waals surface area contributed by atoms with Gasteiger partial charge in [0, 0.05) is 46.2 Å². The Bertz CT molecular complexity index is 346. The minimum Gasteiger partial charge on any atom is -0.349 e. The van der Waals surface area contributed by atoms with Crippen LogP contribution in [0, 0.1) is 0 Å². The van der Waals surface area contributed by atoms with Crippen molar-refractivity contribution in [2.24, 2.45) is 0 Å². The van der Waals surface area contributed by atoms with Crippen LogP contribution in [-0.4, -0.2) is 48.0 Å². The number of hydrogen-bond acceptors (Lipinski definition) is 3. The topological polar surface area (TPSA) is 50.2 Å². The third kappa shape index (κ3) is 4.99. The lowest BCUT2D eigenvalue weighted by Gasteiger charge is -2.09. The first-order valence-corrected chi connectivity index (χ1v) is 5.99. The molecule has 0 spiro atoms. The van der Waals surface area contributed by atoms with Gasteiger partial charge < -0.3 is 14.8 Å². The van der Waals surface area contributed by atoms with Crippen LogP contribution in [0.3, 0.4) is 0 Å². The summed E-state index contributed by atoms with van der Waals surface area (Å²) in [5.74, 6) is 0.181. The van der Waals surface area contributed by atoms with Gasteiger partial charge in [-0.15, -0.1) is 0 Å². The fraction of sp³-hybridized carbons (Fsp3) is 0.667. The van der Waals surface area contributed by atoms with Gasteiger partial charge in [0.05, 0.1) is 12.0 Å². The van der Waals surface area contributed by atoms with Crippen LogP contribution in [0.2, 0.25) is 0 Å². The van der Waals surface area contributed by atoms with Gasteiger partial charge in [0.2, 0.25) is 5.91 Å². The summed E-state index contributed by atoms with van der Waals surface area (Å²) in [6.07, 6.45) is 6.29. The SMILES string of the molecule is CNCCc1cn(CCCC(=O)N(C)C)cn1. The molecule has 96 valence electrons. The number of aryl methyl sites for hydroxylation is 1. The molecule has 0 unspecified atom stereocenters. The number of imidazole rings is 1. The smallest absolute Gasteiger partial charge is 0.222 e. The lowest BCUT2D eigenvalue weighted by Crippen LogP contribution is -2.21. The molecule has 0 saturated heterocycles. The molecule has 1 heterocycles. The fourth-order valence-electron chi connectivity index (χ4n) is 1.55. The number of nitrogens with one attached hydrogen (secondary N) is 1. The van der Waals surface area contributed by atoms with E-state index in [1.807, 2.05) is 17.9 Å². The predicted octanol–water partition coefficient (Wildman–Crippen LogP) is 0.513. The standard InChI is InChI=1S/C12H22N4O/c1-13-7-6-11-9-16(10-14-11)8-4-5-12(17)15(2)3/h9-10,13H,4-8H2,1-3H3. The number of carbonyl (C=O) groups excluding carboxylic acids is 1. The van der Waals surface area contributed by atoms with Crippen molar-refractivity contribution in [3.8, 4) is 0 Å². The lowest BCUT2D eigenvalue weighted by molar-refractivity contribution is -0.128. The predicted molar refractivity (Wildman–Crippen MR) is 67.8 cm³/mol. The third-order valence-electron chi connectivity index (χ3n) is 2.62. The second-order valence-corrected chi connectivity index (χ2v) is 4.35. The van der Waals surface area contributed by atoms with Crippen molar-refractivity contribution < 1.29 is 4.79 Å². The molecule has 17 heavy (non-hydrogen) atoms. The Morgan fingerprint density at radius 2 is 2.29 bits per heavy atom. The summed E-state index contributed by atoms with van der Waals surface area (Å²) in [4.78, 5) is 17.3. The van der Waals surface area contributed by atoms with Gasteiger partial charge in [0.25, 0.3) is 0 Å². The third-order valence-corrected chi connectivity index (χ3v) is 2.62. The van der Waals surface area contributed by atoms with Crippen LogP contribution in [0.5, 0.6) is 0 Å². The summed E-state index contributed by atoms with van der Waals surface area (Å²) in [6, 6.07) is 0. The van der Waals surface area contributed by atoms with Gasteiger partial charge in [0.15, 0.2) is 0 Å². The van der Waals surface area contributed by atoms with Gasteiger partial charge in [0.1, 0.15) is 0 Å². The number of carbonyl (C=O) groups is 1. The number of likely N-dealkylation sites (N-methyl/N-ethyl adjacent to an activating group) is 1. The Morgan fingerprint density at radius 3 is 2.94 bits per heavy atom. The molecule has 0 aliphatic rings. The van der Waals surface area contributed by atoms with E-state index in [9.17, 15) is 4.79 Å². The van der Waals surface area contributed by atoms with Gasteiger partial charge in [-0.25, -0.2) is 4.98 Å². The van der Waals surface area contributed by atoms with Gasteiger partial charge in [-0.3, -0.25) is 4.79 Å². The van der Waals surface area contributed by atoms with Crippen molar-refractivity contribution in [3.63, 3.8) is 0 Å². The van der Waals surface area contributed by atoms with Crippen LogP contribution in [-0.2, 0) is 17.8 Å². The largest absolute Gasteiger partial charge is 0.349 e. The van der Waals surface area contributed by atoms with E-state index in [0.29, 0.717) is 6.42 Å². The summed E-state index contributed by atoms with van der Waals surface area (Å²) in [5.41, 5.74) is 1.10. The van der Waals surface area contributed by atoms with E-state index in [2.05, 4.69) is 16.5 Å². The zero-order valence-corrected chi connectivity index (χ0v) is 10.9. The highest BCUT2D eigenvalue weighted by Gasteiger charge is 2.04. The Balaban J connectivity index is 2.27. The van der Waals surface area contributed by atoms with Gasteiger partial charge >= 0.3 is 0 Å². The molecule has 0 atom stereocenters. The average Bonchev–Trinajstić information content (AvgIpc) is 2.74. The molecule has 0 bridgehead atoms. The molecule has 0 aliphatic heterocycles. The molecule has 1 aromatic rings. The maximum Gasteiger partial charge on any atom is 0.222 e. The Hall–Kier alpha value is -1.36. The van der Waals surface area contributed by atoms with Gasteiger partial charge in [-0.05, 0) is 13.5 Å². The van der Waals surface area contributed by atoms with Crippen molar-refractivity contribution in [2.45, 2.75) is 25.8 Å².